The van der Waals surface area contributed by atoms with E-state index in [4.69, 9.17) is 10.5 Å². The summed E-state index contributed by atoms with van der Waals surface area (Å²) < 4.78 is 5.09. The van der Waals surface area contributed by atoms with E-state index in [1.165, 1.54) is 11.1 Å². The Bertz CT molecular complexity index is 416. The van der Waals surface area contributed by atoms with Crippen molar-refractivity contribution < 1.29 is 9.53 Å². The average molecular weight is 248 g/mol. The topological polar surface area (TPSA) is 64.3 Å². The van der Waals surface area contributed by atoms with Gasteiger partial charge in [0.2, 0.25) is 5.91 Å². The Morgan fingerprint density at radius 3 is 3.00 bits per heavy atom. The molecule has 1 aromatic carbocycles. The number of rotatable bonds is 6. The highest BCUT2D eigenvalue weighted by atomic mass is 16.5. The Morgan fingerprint density at radius 2 is 2.33 bits per heavy atom. The zero-order valence-corrected chi connectivity index (χ0v) is 10.7. The predicted molar refractivity (Wildman–Crippen MR) is 70.4 cm³/mol. The molecule has 2 unspecified atom stereocenters. The molecule has 0 aliphatic heterocycles. The molecule has 0 radical (unpaired) electrons. The van der Waals surface area contributed by atoms with Gasteiger partial charge in [-0.2, -0.15) is 0 Å². The molecule has 1 aromatic rings. The van der Waals surface area contributed by atoms with E-state index in [1.54, 1.807) is 7.11 Å². The summed E-state index contributed by atoms with van der Waals surface area (Å²) in [4.78, 5) is 11.7. The van der Waals surface area contributed by atoms with Crippen molar-refractivity contribution in [2.75, 3.05) is 20.2 Å². The van der Waals surface area contributed by atoms with Crippen molar-refractivity contribution in [3.63, 3.8) is 0 Å². The zero-order valence-electron chi connectivity index (χ0n) is 10.7. The van der Waals surface area contributed by atoms with Gasteiger partial charge in [-0.15, -0.1) is 0 Å². The minimum Gasteiger partial charge on any atom is -0.380 e. The molecule has 98 valence electrons. The molecule has 0 saturated heterocycles. The van der Waals surface area contributed by atoms with Gasteiger partial charge in [-0.05, 0) is 17.5 Å². The number of nitrogens with one attached hydrogen (secondary N) is 1. The highest BCUT2D eigenvalue weighted by Crippen LogP contribution is 2.33. The second-order valence-corrected chi connectivity index (χ2v) is 4.70. The van der Waals surface area contributed by atoms with Crippen LogP contribution in [0.5, 0.6) is 0 Å². The van der Waals surface area contributed by atoms with Crippen LogP contribution in [-0.4, -0.2) is 32.2 Å². The fraction of sp³-hybridized carbons (Fsp3) is 0.500. The van der Waals surface area contributed by atoms with Crippen LogP contribution in [0.15, 0.2) is 24.3 Å². The third kappa shape index (κ3) is 2.89. The molecule has 2 atom stereocenters. The monoisotopic (exact) mass is 248 g/mol. The first-order valence-electron chi connectivity index (χ1n) is 6.32. The number of hydrogen-bond acceptors (Lipinski definition) is 3. The summed E-state index contributed by atoms with van der Waals surface area (Å²) in [5.74, 6) is 0.473. The lowest BCUT2D eigenvalue weighted by Crippen LogP contribution is -2.36. The van der Waals surface area contributed by atoms with Gasteiger partial charge in [-0.3, -0.25) is 4.79 Å². The lowest BCUT2D eigenvalue weighted by molar-refractivity contribution is -0.123. The van der Waals surface area contributed by atoms with Crippen molar-refractivity contribution in [2.24, 2.45) is 5.73 Å². The standard InChI is InChI=1S/C14H20N2O2/c1-18-12(8-15)7-14(17)16-9-11-6-10-4-2-3-5-13(10)11/h2-5,11-12H,6-9,15H2,1H3,(H,16,17). The third-order valence-electron chi connectivity index (χ3n) is 3.52. The minimum atomic E-state index is -0.182. The van der Waals surface area contributed by atoms with E-state index in [-0.39, 0.29) is 12.0 Å². The molecular weight excluding hydrogens is 228 g/mol. The Kier molecular flexibility index (Phi) is 4.33. The maximum absolute atomic E-state index is 11.7. The molecule has 1 aliphatic carbocycles. The van der Waals surface area contributed by atoms with Gasteiger partial charge < -0.3 is 15.8 Å². The van der Waals surface area contributed by atoms with Gasteiger partial charge in [0.25, 0.3) is 0 Å². The van der Waals surface area contributed by atoms with Gasteiger partial charge in [0, 0.05) is 26.1 Å². The summed E-state index contributed by atoms with van der Waals surface area (Å²) in [5, 5.41) is 2.95. The Balaban J connectivity index is 1.75. The van der Waals surface area contributed by atoms with Crippen LogP contribution < -0.4 is 11.1 Å². The molecule has 2 rings (SSSR count). The Hall–Kier alpha value is -1.39. The second-order valence-electron chi connectivity index (χ2n) is 4.70. The number of amides is 1. The zero-order chi connectivity index (χ0) is 13.0. The number of fused-ring (bicyclic) bond motifs is 1. The molecule has 0 bridgehead atoms. The Labute approximate surface area is 108 Å². The number of carbonyl (C=O) groups excluding carboxylic acids is 1. The number of benzene rings is 1. The van der Waals surface area contributed by atoms with E-state index in [1.807, 2.05) is 6.07 Å². The van der Waals surface area contributed by atoms with Crippen LogP contribution in [0.25, 0.3) is 0 Å². The minimum absolute atomic E-state index is 0.0108. The SMILES string of the molecule is COC(CN)CC(=O)NCC1Cc2ccccc21. The lowest BCUT2D eigenvalue weighted by atomic mass is 9.77. The van der Waals surface area contributed by atoms with Gasteiger partial charge in [-0.25, -0.2) is 0 Å². The molecule has 3 N–H and O–H groups in total. The summed E-state index contributed by atoms with van der Waals surface area (Å²) in [6, 6.07) is 8.37. The normalized spacial score (nSPS) is 18.7. The molecule has 1 amide bonds. The van der Waals surface area contributed by atoms with E-state index < -0.39 is 0 Å². The summed E-state index contributed by atoms with van der Waals surface area (Å²) in [7, 11) is 1.58. The summed E-state index contributed by atoms with van der Waals surface area (Å²) in [6.07, 6.45) is 1.21. The molecule has 18 heavy (non-hydrogen) atoms. The van der Waals surface area contributed by atoms with Crippen molar-refractivity contribution in [1.82, 2.24) is 5.32 Å². The quantitative estimate of drug-likeness (QED) is 0.783. The summed E-state index contributed by atoms with van der Waals surface area (Å²) >= 11 is 0. The number of methoxy groups -OCH3 is 1. The molecule has 0 heterocycles. The largest absolute Gasteiger partial charge is 0.380 e. The van der Waals surface area contributed by atoms with Crippen LogP contribution >= 0.6 is 0 Å². The first-order chi connectivity index (χ1) is 8.74. The van der Waals surface area contributed by atoms with Crippen molar-refractivity contribution in [2.45, 2.75) is 24.9 Å². The molecular formula is C14H20N2O2. The van der Waals surface area contributed by atoms with Crippen LogP contribution in [0.3, 0.4) is 0 Å². The number of carbonyl (C=O) groups is 1. The van der Waals surface area contributed by atoms with Gasteiger partial charge in [0.15, 0.2) is 0 Å². The first kappa shape index (κ1) is 13.1. The molecule has 0 fully saturated rings. The maximum atomic E-state index is 11.7. The van der Waals surface area contributed by atoms with E-state index in [9.17, 15) is 4.79 Å². The highest BCUT2D eigenvalue weighted by molar-refractivity contribution is 5.76. The first-order valence-corrected chi connectivity index (χ1v) is 6.32. The van der Waals surface area contributed by atoms with Crippen LogP contribution in [-0.2, 0) is 16.0 Å². The van der Waals surface area contributed by atoms with E-state index in [2.05, 4.69) is 23.5 Å². The number of hydrogen-bond donors (Lipinski definition) is 2. The van der Waals surface area contributed by atoms with Crippen LogP contribution in [0.4, 0.5) is 0 Å². The van der Waals surface area contributed by atoms with Gasteiger partial charge in [-0.1, -0.05) is 24.3 Å². The summed E-state index contributed by atoms with van der Waals surface area (Å²) in [5.41, 5.74) is 8.24. The third-order valence-corrected chi connectivity index (χ3v) is 3.52. The maximum Gasteiger partial charge on any atom is 0.222 e. The number of ether oxygens (including phenoxy) is 1. The Morgan fingerprint density at radius 1 is 1.56 bits per heavy atom. The van der Waals surface area contributed by atoms with Crippen molar-refractivity contribution >= 4 is 5.91 Å². The van der Waals surface area contributed by atoms with Crippen LogP contribution in [0.1, 0.15) is 23.5 Å². The van der Waals surface area contributed by atoms with E-state index in [0.29, 0.717) is 25.4 Å². The van der Waals surface area contributed by atoms with Crippen molar-refractivity contribution in [1.29, 1.82) is 0 Å². The predicted octanol–water partition coefficient (Wildman–Crippen LogP) is 0.806. The van der Waals surface area contributed by atoms with Crippen LogP contribution in [0, 0.1) is 0 Å². The highest BCUT2D eigenvalue weighted by Gasteiger charge is 2.25. The molecule has 4 heteroatoms. The summed E-state index contributed by atoms with van der Waals surface area (Å²) in [6.45, 7) is 1.08. The second kappa shape index (κ2) is 5.98. The lowest BCUT2D eigenvalue weighted by Gasteiger charge is -2.30. The van der Waals surface area contributed by atoms with Gasteiger partial charge in [0.05, 0.1) is 12.5 Å². The van der Waals surface area contributed by atoms with Crippen molar-refractivity contribution in [3.05, 3.63) is 35.4 Å². The van der Waals surface area contributed by atoms with E-state index in [0.717, 1.165) is 6.42 Å². The fourth-order valence-corrected chi connectivity index (χ4v) is 2.32. The molecule has 0 aromatic heterocycles. The molecule has 0 spiro atoms. The number of nitrogens with two attached hydrogens (primary N) is 1. The molecule has 4 nitrogen and oxygen atoms in total. The average Bonchev–Trinajstić information content (AvgIpc) is 2.37. The fourth-order valence-electron chi connectivity index (χ4n) is 2.32. The van der Waals surface area contributed by atoms with Crippen molar-refractivity contribution in [3.8, 4) is 0 Å². The molecule has 1 aliphatic rings. The van der Waals surface area contributed by atoms with Gasteiger partial charge in [0.1, 0.15) is 0 Å². The smallest absolute Gasteiger partial charge is 0.222 e. The van der Waals surface area contributed by atoms with Crippen LogP contribution in [0.2, 0.25) is 0 Å². The molecule has 0 saturated carbocycles. The van der Waals surface area contributed by atoms with E-state index >= 15 is 0 Å². The van der Waals surface area contributed by atoms with Gasteiger partial charge >= 0.3 is 0 Å².